The van der Waals surface area contributed by atoms with Crippen LogP contribution in [-0.2, 0) is 19.4 Å². The summed E-state index contributed by atoms with van der Waals surface area (Å²) >= 11 is 0. The molecule has 0 unspecified atom stereocenters. The molecule has 4 rings (SSSR count). The Bertz CT molecular complexity index is 897. The Morgan fingerprint density at radius 1 is 1.42 bits per heavy atom. The molecule has 124 valence electrons. The average Bonchev–Trinajstić information content (AvgIpc) is 3.13. The maximum absolute atomic E-state index is 12.8. The van der Waals surface area contributed by atoms with E-state index in [0.717, 1.165) is 30.9 Å². The fourth-order valence-corrected chi connectivity index (χ4v) is 3.28. The van der Waals surface area contributed by atoms with Crippen LogP contribution in [0.25, 0.3) is 5.65 Å². The number of aryl methyl sites for hydroxylation is 3. The van der Waals surface area contributed by atoms with Gasteiger partial charge in [0.05, 0.1) is 5.69 Å². The number of fused-ring (bicyclic) bond motifs is 2. The van der Waals surface area contributed by atoms with Crippen LogP contribution < -0.4 is 5.32 Å². The lowest BCUT2D eigenvalue weighted by Gasteiger charge is -2.25. The number of carbonyl (C=O) groups excluding carboxylic acids is 1. The molecule has 1 aliphatic rings. The van der Waals surface area contributed by atoms with Gasteiger partial charge in [0.1, 0.15) is 17.2 Å². The molecule has 0 saturated carbocycles. The molecule has 1 atom stereocenters. The monoisotopic (exact) mass is 325 g/mol. The van der Waals surface area contributed by atoms with Crippen molar-refractivity contribution in [1.29, 1.82) is 0 Å². The van der Waals surface area contributed by atoms with Crippen molar-refractivity contribution in [3.63, 3.8) is 0 Å². The molecular formula is C16H19N7O. The van der Waals surface area contributed by atoms with E-state index >= 15 is 0 Å². The van der Waals surface area contributed by atoms with Gasteiger partial charge in [0, 0.05) is 37.8 Å². The zero-order chi connectivity index (χ0) is 16.7. The maximum Gasteiger partial charge on any atom is 0.257 e. The van der Waals surface area contributed by atoms with Crippen molar-refractivity contribution in [1.82, 2.24) is 34.7 Å². The molecule has 0 radical (unpaired) electrons. The van der Waals surface area contributed by atoms with Gasteiger partial charge < -0.3 is 9.88 Å². The molecule has 0 bridgehead atoms. The van der Waals surface area contributed by atoms with Crippen molar-refractivity contribution in [2.45, 2.75) is 45.7 Å². The Morgan fingerprint density at radius 2 is 2.29 bits per heavy atom. The van der Waals surface area contributed by atoms with E-state index < -0.39 is 0 Å². The zero-order valence-corrected chi connectivity index (χ0v) is 13.7. The third-order valence-corrected chi connectivity index (χ3v) is 4.47. The summed E-state index contributed by atoms with van der Waals surface area (Å²) in [4.78, 5) is 17.1. The maximum atomic E-state index is 12.8. The summed E-state index contributed by atoms with van der Waals surface area (Å²) in [5.41, 5.74) is 1.81. The molecule has 0 aliphatic carbocycles. The van der Waals surface area contributed by atoms with Crippen molar-refractivity contribution in [3.8, 4) is 0 Å². The average molecular weight is 325 g/mol. The SMILES string of the molecule is CCc1nnc2n1C[C@H](NC(=O)c1c(C)nn3cccnc13)CC2. The summed E-state index contributed by atoms with van der Waals surface area (Å²) < 4.78 is 3.76. The van der Waals surface area contributed by atoms with Gasteiger partial charge in [0.2, 0.25) is 0 Å². The van der Waals surface area contributed by atoms with Gasteiger partial charge in [-0.15, -0.1) is 10.2 Å². The molecule has 3 aromatic rings. The lowest BCUT2D eigenvalue weighted by molar-refractivity contribution is 0.0928. The Hall–Kier alpha value is -2.77. The quantitative estimate of drug-likeness (QED) is 0.774. The largest absolute Gasteiger partial charge is 0.347 e. The van der Waals surface area contributed by atoms with Crippen LogP contribution in [0.4, 0.5) is 0 Å². The third kappa shape index (κ3) is 2.34. The van der Waals surface area contributed by atoms with Gasteiger partial charge in [-0.2, -0.15) is 5.10 Å². The summed E-state index contributed by atoms with van der Waals surface area (Å²) in [7, 11) is 0. The van der Waals surface area contributed by atoms with Crippen molar-refractivity contribution in [3.05, 3.63) is 41.4 Å². The topological polar surface area (TPSA) is 90.0 Å². The van der Waals surface area contributed by atoms with Crippen LogP contribution >= 0.6 is 0 Å². The second-order valence-electron chi connectivity index (χ2n) is 6.05. The highest BCUT2D eigenvalue weighted by Gasteiger charge is 2.26. The van der Waals surface area contributed by atoms with Crippen molar-refractivity contribution >= 4 is 11.6 Å². The van der Waals surface area contributed by atoms with Crippen LogP contribution in [0.15, 0.2) is 18.5 Å². The first kappa shape index (κ1) is 14.8. The lowest BCUT2D eigenvalue weighted by atomic mass is 10.1. The smallest absolute Gasteiger partial charge is 0.257 e. The molecule has 4 heterocycles. The molecule has 8 heteroatoms. The molecule has 8 nitrogen and oxygen atoms in total. The van der Waals surface area contributed by atoms with Gasteiger partial charge in [-0.3, -0.25) is 4.79 Å². The second-order valence-corrected chi connectivity index (χ2v) is 6.05. The third-order valence-electron chi connectivity index (χ3n) is 4.47. The Kier molecular flexibility index (Phi) is 3.51. The number of carbonyl (C=O) groups is 1. The van der Waals surface area contributed by atoms with E-state index in [-0.39, 0.29) is 11.9 Å². The molecule has 3 aromatic heterocycles. The lowest BCUT2D eigenvalue weighted by Crippen LogP contribution is -2.41. The summed E-state index contributed by atoms with van der Waals surface area (Å²) in [6, 6.07) is 1.85. The highest BCUT2D eigenvalue weighted by atomic mass is 16.1. The van der Waals surface area contributed by atoms with Gasteiger partial charge in [0.25, 0.3) is 5.91 Å². The number of aromatic nitrogens is 6. The van der Waals surface area contributed by atoms with Gasteiger partial charge in [-0.05, 0) is 19.4 Å². The Labute approximate surface area is 138 Å². The predicted molar refractivity (Wildman–Crippen MR) is 86.7 cm³/mol. The minimum atomic E-state index is -0.124. The van der Waals surface area contributed by atoms with Gasteiger partial charge in [-0.25, -0.2) is 9.50 Å². The highest BCUT2D eigenvalue weighted by Crippen LogP contribution is 2.17. The molecule has 0 fully saturated rings. The first-order valence-corrected chi connectivity index (χ1v) is 8.19. The number of amides is 1. The van der Waals surface area contributed by atoms with Gasteiger partial charge in [-0.1, -0.05) is 6.92 Å². The Morgan fingerprint density at radius 3 is 3.12 bits per heavy atom. The molecule has 1 N–H and O–H groups in total. The summed E-state index contributed by atoms with van der Waals surface area (Å²) in [6.07, 6.45) is 5.99. The molecule has 1 amide bonds. The molecule has 0 aromatic carbocycles. The van der Waals surface area contributed by atoms with Gasteiger partial charge >= 0.3 is 0 Å². The first-order chi connectivity index (χ1) is 11.7. The highest BCUT2D eigenvalue weighted by molar-refractivity contribution is 6.01. The Balaban J connectivity index is 1.57. The van der Waals surface area contributed by atoms with E-state index in [2.05, 4.69) is 37.1 Å². The van der Waals surface area contributed by atoms with Gasteiger partial charge in [0.15, 0.2) is 5.65 Å². The van der Waals surface area contributed by atoms with Crippen LogP contribution in [0.2, 0.25) is 0 Å². The fraction of sp³-hybridized carbons (Fsp3) is 0.438. The summed E-state index contributed by atoms with van der Waals surface area (Å²) in [6.45, 7) is 4.61. The summed E-state index contributed by atoms with van der Waals surface area (Å²) in [5.74, 6) is 1.85. The van der Waals surface area contributed by atoms with Crippen LogP contribution in [0, 0.1) is 6.92 Å². The number of nitrogens with zero attached hydrogens (tertiary/aromatic N) is 6. The van der Waals surface area contributed by atoms with Crippen molar-refractivity contribution < 1.29 is 4.79 Å². The molecule has 24 heavy (non-hydrogen) atoms. The standard InChI is InChI=1S/C16H19N7O/c1-3-12-19-20-13-6-5-11(9-22(12)13)18-16(24)14-10(2)21-23-8-4-7-17-15(14)23/h4,7-8,11H,3,5-6,9H2,1-2H3,(H,18,24)/t11-/m1/s1. The van der Waals surface area contributed by atoms with Crippen molar-refractivity contribution in [2.75, 3.05) is 0 Å². The van der Waals surface area contributed by atoms with E-state index in [9.17, 15) is 4.79 Å². The fourth-order valence-electron chi connectivity index (χ4n) is 3.28. The minimum Gasteiger partial charge on any atom is -0.347 e. The molecule has 0 saturated heterocycles. The number of hydrogen-bond acceptors (Lipinski definition) is 5. The second kappa shape index (κ2) is 5.70. The predicted octanol–water partition coefficient (Wildman–Crippen LogP) is 0.936. The molecule has 1 aliphatic heterocycles. The first-order valence-electron chi connectivity index (χ1n) is 8.19. The molecule has 0 spiro atoms. The molecular weight excluding hydrogens is 306 g/mol. The van der Waals surface area contributed by atoms with Crippen LogP contribution in [0.3, 0.4) is 0 Å². The zero-order valence-electron chi connectivity index (χ0n) is 13.7. The van der Waals surface area contributed by atoms with E-state index in [0.29, 0.717) is 23.4 Å². The number of nitrogens with one attached hydrogen (secondary N) is 1. The van der Waals surface area contributed by atoms with E-state index in [1.165, 1.54) is 0 Å². The van der Waals surface area contributed by atoms with Crippen LogP contribution in [-0.4, -0.2) is 41.3 Å². The van der Waals surface area contributed by atoms with Crippen LogP contribution in [0.5, 0.6) is 0 Å². The van der Waals surface area contributed by atoms with E-state index in [4.69, 9.17) is 0 Å². The van der Waals surface area contributed by atoms with Crippen LogP contribution in [0.1, 0.15) is 41.0 Å². The van der Waals surface area contributed by atoms with E-state index in [1.807, 2.05) is 6.92 Å². The number of rotatable bonds is 3. The van der Waals surface area contributed by atoms with Crippen molar-refractivity contribution in [2.24, 2.45) is 0 Å². The van der Waals surface area contributed by atoms with E-state index in [1.54, 1.807) is 23.0 Å². The minimum absolute atomic E-state index is 0.0596. The normalized spacial score (nSPS) is 17.0. The summed E-state index contributed by atoms with van der Waals surface area (Å²) in [5, 5.41) is 15.9. The number of hydrogen-bond donors (Lipinski definition) is 1.